The molecular weight excluding hydrogens is 384 g/mol. The van der Waals surface area contributed by atoms with Crippen LogP contribution >= 0.6 is 0 Å². The second-order valence-electron chi connectivity index (χ2n) is 11.0. The standard InChI is InChI=1S/C22H42N4O4/c1-14-13-26(20(28)30-22(5,6)7)17(12-18(14)24)11-16-10-15(23)8-9-25(16)19(27)29-21(2,3)4/h14-18H,8-13,23-24H2,1-7H3/t14-,15+,16-,17?,18+/m0/s1. The molecule has 0 spiro atoms. The van der Waals surface area contributed by atoms with Crippen LogP contribution in [0.25, 0.3) is 0 Å². The molecule has 1 unspecified atom stereocenters. The summed E-state index contributed by atoms with van der Waals surface area (Å²) in [5.74, 6) is 0.185. The fraction of sp³-hybridized carbons (Fsp3) is 0.909. The smallest absolute Gasteiger partial charge is 0.410 e. The van der Waals surface area contributed by atoms with Gasteiger partial charge in [0.05, 0.1) is 0 Å². The Morgan fingerprint density at radius 3 is 1.93 bits per heavy atom. The number of nitrogens with two attached hydrogens (primary N) is 2. The molecule has 174 valence electrons. The van der Waals surface area contributed by atoms with Crippen molar-refractivity contribution in [1.82, 2.24) is 9.80 Å². The number of hydrogen-bond donors (Lipinski definition) is 2. The first kappa shape index (κ1) is 24.7. The quantitative estimate of drug-likeness (QED) is 0.702. The Bertz CT molecular complexity index is 613. The van der Waals surface area contributed by atoms with E-state index in [-0.39, 0.29) is 42.3 Å². The highest BCUT2D eigenvalue weighted by Gasteiger charge is 2.41. The number of amides is 2. The molecule has 8 heteroatoms. The molecule has 0 bridgehead atoms. The molecule has 4 N–H and O–H groups in total. The average Bonchev–Trinajstić information content (AvgIpc) is 2.54. The van der Waals surface area contributed by atoms with E-state index in [9.17, 15) is 9.59 Å². The molecule has 0 radical (unpaired) electrons. The Hall–Kier alpha value is -1.54. The SMILES string of the molecule is C[C@H]1CN(C(=O)OC(C)(C)C)C(C[C@@H]2C[C@H](N)CCN2C(=O)OC(C)(C)C)C[C@H]1N. The normalized spacial score (nSPS) is 30.8. The van der Waals surface area contributed by atoms with E-state index >= 15 is 0 Å². The van der Waals surface area contributed by atoms with Crippen molar-refractivity contribution in [2.45, 2.75) is 110 Å². The second kappa shape index (κ2) is 9.30. The molecule has 30 heavy (non-hydrogen) atoms. The highest BCUT2D eigenvalue weighted by molar-refractivity contribution is 5.69. The van der Waals surface area contributed by atoms with Gasteiger partial charge in [0.1, 0.15) is 11.2 Å². The monoisotopic (exact) mass is 426 g/mol. The van der Waals surface area contributed by atoms with Crippen molar-refractivity contribution in [3.8, 4) is 0 Å². The van der Waals surface area contributed by atoms with Crippen molar-refractivity contribution in [2.75, 3.05) is 13.1 Å². The predicted molar refractivity (Wildman–Crippen MR) is 117 cm³/mol. The molecule has 8 nitrogen and oxygen atoms in total. The van der Waals surface area contributed by atoms with Crippen LogP contribution in [0.3, 0.4) is 0 Å². The minimum Gasteiger partial charge on any atom is -0.444 e. The molecule has 0 aliphatic carbocycles. The predicted octanol–water partition coefficient (Wildman–Crippen LogP) is 3.08. The number of carbonyl (C=O) groups is 2. The summed E-state index contributed by atoms with van der Waals surface area (Å²) in [5.41, 5.74) is 11.5. The lowest BCUT2D eigenvalue weighted by molar-refractivity contribution is -0.0131. The number of nitrogens with zero attached hydrogens (tertiary/aromatic N) is 2. The highest BCUT2D eigenvalue weighted by Crippen LogP contribution is 2.30. The lowest BCUT2D eigenvalue weighted by Crippen LogP contribution is -2.58. The zero-order valence-corrected chi connectivity index (χ0v) is 19.8. The van der Waals surface area contributed by atoms with Crippen LogP contribution in [-0.4, -0.2) is 70.4 Å². The van der Waals surface area contributed by atoms with E-state index in [4.69, 9.17) is 20.9 Å². The summed E-state index contributed by atoms with van der Waals surface area (Å²) >= 11 is 0. The van der Waals surface area contributed by atoms with Gasteiger partial charge in [0.15, 0.2) is 0 Å². The van der Waals surface area contributed by atoms with E-state index in [1.807, 2.05) is 41.5 Å². The van der Waals surface area contributed by atoms with Crippen LogP contribution in [0.2, 0.25) is 0 Å². The molecule has 2 saturated heterocycles. The molecular formula is C22H42N4O4. The van der Waals surface area contributed by atoms with Gasteiger partial charge < -0.3 is 30.7 Å². The maximum absolute atomic E-state index is 12.9. The topological polar surface area (TPSA) is 111 Å². The van der Waals surface area contributed by atoms with Gasteiger partial charge in [-0.25, -0.2) is 9.59 Å². The van der Waals surface area contributed by atoms with Gasteiger partial charge in [-0.3, -0.25) is 0 Å². The molecule has 5 atom stereocenters. The minimum absolute atomic E-state index is 0.000859. The average molecular weight is 427 g/mol. The Balaban J connectivity index is 2.19. The Labute approximate surface area is 181 Å². The molecule has 0 aromatic heterocycles. The van der Waals surface area contributed by atoms with Crippen LogP contribution in [0.1, 0.15) is 74.1 Å². The van der Waals surface area contributed by atoms with Crippen LogP contribution in [0.15, 0.2) is 0 Å². The third kappa shape index (κ3) is 7.01. The van der Waals surface area contributed by atoms with Crippen molar-refractivity contribution in [3.63, 3.8) is 0 Å². The summed E-state index contributed by atoms with van der Waals surface area (Å²) in [6, 6.07) is -0.175. The molecule has 2 aliphatic heterocycles. The van der Waals surface area contributed by atoms with Crippen LogP contribution in [0.5, 0.6) is 0 Å². The van der Waals surface area contributed by atoms with Gasteiger partial charge in [0, 0.05) is 37.3 Å². The first-order valence-electron chi connectivity index (χ1n) is 11.2. The third-order valence-electron chi connectivity index (χ3n) is 5.76. The fourth-order valence-corrected chi connectivity index (χ4v) is 4.22. The minimum atomic E-state index is -0.569. The lowest BCUT2D eigenvalue weighted by atomic mass is 9.84. The summed E-state index contributed by atoms with van der Waals surface area (Å²) in [6.07, 6.45) is 2.07. The number of rotatable bonds is 2. The van der Waals surface area contributed by atoms with E-state index in [0.29, 0.717) is 32.4 Å². The summed E-state index contributed by atoms with van der Waals surface area (Å²) in [4.78, 5) is 29.3. The summed E-state index contributed by atoms with van der Waals surface area (Å²) < 4.78 is 11.3. The van der Waals surface area contributed by atoms with Crippen LogP contribution in [0, 0.1) is 5.92 Å². The van der Waals surface area contributed by atoms with Gasteiger partial charge in [0.2, 0.25) is 0 Å². The third-order valence-corrected chi connectivity index (χ3v) is 5.76. The van der Waals surface area contributed by atoms with Crippen LogP contribution in [0.4, 0.5) is 9.59 Å². The molecule has 2 aliphatic rings. The summed E-state index contributed by atoms with van der Waals surface area (Å²) in [6.45, 7) is 14.3. The number of carbonyl (C=O) groups excluding carboxylic acids is 2. The highest BCUT2D eigenvalue weighted by atomic mass is 16.6. The maximum atomic E-state index is 12.9. The first-order valence-corrected chi connectivity index (χ1v) is 11.2. The molecule has 2 fully saturated rings. The Morgan fingerprint density at radius 2 is 1.40 bits per heavy atom. The zero-order valence-electron chi connectivity index (χ0n) is 19.8. The van der Waals surface area contributed by atoms with Gasteiger partial charge in [-0.1, -0.05) is 6.92 Å². The van der Waals surface area contributed by atoms with E-state index in [0.717, 1.165) is 6.42 Å². The molecule has 2 amide bonds. The van der Waals surface area contributed by atoms with E-state index in [1.165, 1.54) is 0 Å². The number of ether oxygens (including phenoxy) is 2. The van der Waals surface area contributed by atoms with Crippen LogP contribution < -0.4 is 11.5 Å². The van der Waals surface area contributed by atoms with E-state index in [1.54, 1.807) is 9.80 Å². The number of likely N-dealkylation sites (tertiary alicyclic amines) is 2. The van der Waals surface area contributed by atoms with E-state index in [2.05, 4.69) is 6.92 Å². The second-order valence-corrected chi connectivity index (χ2v) is 11.0. The van der Waals surface area contributed by atoms with Gasteiger partial charge in [0.25, 0.3) is 0 Å². The van der Waals surface area contributed by atoms with E-state index < -0.39 is 11.2 Å². The summed E-state index contributed by atoms with van der Waals surface area (Å²) in [7, 11) is 0. The first-order chi connectivity index (χ1) is 13.7. The molecule has 0 aromatic carbocycles. The van der Waals surface area contributed by atoms with Crippen molar-refractivity contribution in [1.29, 1.82) is 0 Å². The Kier molecular flexibility index (Phi) is 7.67. The maximum Gasteiger partial charge on any atom is 0.410 e. The van der Waals surface area contributed by atoms with Gasteiger partial charge in [-0.05, 0) is 73.1 Å². The molecule has 0 saturated carbocycles. The lowest BCUT2D eigenvalue weighted by Gasteiger charge is -2.46. The van der Waals surface area contributed by atoms with Gasteiger partial charge in [-0.2, -0.15) is 0 Å². The van der Waals surface area contributed by atoms with Gasteiger partial charge in [-0.15, -0.1) is 0 Å². The van der Waals surface area contributed by atoms with Crippen molar-refractivity contribution in [3.05, 3.63) is 0 Å². The molecule has 2 rings (SSSR count). The van der Waals surface area contributed by atoms with Crippen molar-refractivity contribution < 1.29 is 19.1 Å². The molecule has 0 aromatic rings. The fourth-order valence-electron chi connectivity index (χ4n) is 4.22. The van der Waals surface area contributed by atoms with Crippen LogP contribution in [-0.2, 0) is 9.47 Å². The van der Waals surface area contributed by atoms with Crippen molar-refractivity contribution in [2.24, 2.45) is 17.4 Å². The van der Waals surface area contributed by atoms with Crippen molar-refractivity contribution >= 4 is 12.2 Å². The molecule has 2 heterocycles. The Morgan fingerprint density at radius 1 is 0.900 bits per heavy atom. The number of piperidine rings is 2. The van der Waals surface area contributed by atoms with Gasteiger partial charge >= 0.3 is 12.2 Å². The zero-order chi connectivity index (χ0) is 22.9. The largest absolute Gasteiger partial charge is 0.444 e. The number of hydrogen-bond acceptors (Lipinski definition) is 6. The summed E-state index contributed by atoms with van der Waals surface area (Å²) in [5, 5.41) is 0.